The fourth-order valence-corrected chi connectivity index (χ4v) is 1.12. The standard InChI is InChI=1S/C12H16O3/c1-9(2)15-8-10-4-6-11(7-5-10)12(13)14-3/h4-7,9H,8H2,1-3H3. The number of carbonyl (C=O) groups excluding carboxylic acids is 1. The van der Waals surface area contributed by atoms with Crippen molar-refractivity contribution in [1.82, 2.24) is 0 Å². The molecule has 82 valence electrons. The average molecular weight is 208 g/mol. The first-order valence-corrected chi connectivity index (χ1v) is 4.92. The summed E-state index contributed by atoms with van der Waals surface area (Å²) in [5.41, 5.74) is 1.61. The summed E-state index contributed by atoms with van der Waals surface area (Å²) in [5, 5.41) is 0. The lowest BCUT2D eigenvalue weighted by molar-refractivity contribution is 0.0598. The molecule has 0 unspecified atom stereocenters. The van der Waals surface area contributed by atoms with Gasteiger partial charge in [-0.3, -0.25) is 0 Å². The van der Waals surface area contributed by atoms with Crippen LogP contribution in [-0.2, 0) is 16.1 Å². The van der Waals surface area contributed by atoms with Crippen LogP contribution in [-0.4, -0.2) is 19.2 Å². The third kappa shape index (κ3) is 3.72. The zero-order chi connectivity index (χ0) is 11.3. The summed E-state index contributed by atoms with van der Waals surface area (Å²) in [6.45, 7) is 4.55. The van der Waals surface area contributed by atoms with Crippen molar-refractivity contribution in [2.24, 2.45) is 0 Å². The molecule has 0 radical (unpaired) electrons. The molecule has 3 nitrogen and oxygen atoms in total. The predicted molar refractivity (Wildman–Crippen MR) is 57.7 cm³/mol. The minimum absolute atomic E-state index is 0.213. The summed E-state index contributed by atoms with van der Waals surface area (Å²) in [5.74, 6) is -0.314. The van der Waals surface area contributed by atoms with Gasteiger partial charge in [0, 0.05) is 0 Å². The van der Waals surface area contributed by atoms with Gasteiger partial charge in [0.1, 0.15) is 0 Å². The van der Waals surface area contributed by atoms with Gasteiger partial charge >= 0.3 is 5.97 Å². The zero-order valence-electron chi connectivity index (χ0n) is 9.32. The van der Waals surface area contributed by atoms with Gasteiger partial charge in [-0.15, -0.1) is 0 Å². The SMILES string of the molecule is COC(=O)c1ccc(COC(C)C)cc1. The van der Waals surface area contributed by atoms with Gasteiger partial charge in [0.15, 0.2) is 0 Å². The van der Waals surface area contributed by atoms with Crippen molar-refractivity contribution in [2.45, 2.75) is 26.6 Å². The number of ether oxygens (including phenoxy) is 2. The van der Waals surface area contributed by atoms with Crippen LogP contribution >= 0.6 is 0 Å². The number of esters is 1. The predicted octanol–water partition coefficient (Wildman–Crippen LogP) is 2.40. The lowest BCUT2D eigenvalue weighted by Gasteiger charge is -2.07. The topological polar surface area (TPSA) is 35.5 Å². The average Bonchev–Trinajstić information content (AvgIpc) is 2.26. The van der Waals surface area contributed by atoms with E-state index < -0.39 is 0 Å². The summed E-state index contributed by atoms with van der Waals surface area (Å²) >= 11 is 0. The molecule has 0 saturated carbocycles. The molecule has 0 spiro atoms. The minimum atomic E-state index is -0.314. The Morgan fingerprint density at radius 1 is 1.27 bits per heavy atom. The number of hydrogen-bond donors (Lipinski definition) is 0. The summed E-state index contributed by atoms with van der Waals surface area (Å²) in [7, 11) is 1.37. The van der Waals surface area contributed by atoms with Crippen molar-refractivity contribution in [3.63, 3.8) is 0 Å². The fraction of sp³-hybridized carbons (Fsp3) is 0.417. The van der Waals surface area contributed by atoms with Crippen molar-refractivity contribution in [1.29, 1.82) is 0 Å². The Kier molecular flexibility index (Phi) is 4.31. The molecule has 0 saturated heterocycles. The second kappa shape index (κ2) is 5.51. The highest BCUT2D eigenvalue weighted by Gasteiger charge is 2.04. The van der Waals surface area contributed by atoms with Crippen LogP contribution < -0.4 is 0 Å². The lowest BCUT2D eigenvalue weighted by atomic mass is 10.1. The second-order valence-corrected chi connectivity index (χ2v) is 3.55. The monoisotopic (exact) mass is 208 g/mol. The van der Waals surface area contributed by atoms with Crippen LogP contribution in [0.3, 0.4) is 0 Å². The van der Waals surface area contributed by atoms with Gasteiger partial charge in [-0.1, -0.05) is 12.1 Å². The first-order chi connectivity index (χ1) is 7.13. The second-order valence-electron chi connectivity index (χ2n) is 3.55. The fourth-order valence-electron chi connectivity index (χ4n) is 1.12. The zero-order valence-corrected chi connectivity index (χ0v) is 9.32. The van der Waals surface area contributed by atoms with Gasteiger partial charge in [0.25, 0.3) is 0 Å². The van der Waals surface area contributed by atoms with E-state index in [1.807, 2.05) is 26.0 Å². The van der Waals surface area contributed by atoms with E-state index in [0.29, 0.717) is 12.2 Å². The first-order valence-electron chi connectivity index (χ1n) is 4.92. The number of benzene rings is 1. The van der Waals surface area contributed by atoms with Crippen molar-refractivity contribution < 1.29 is 14.3 Å². The largest absolute Gasteiger partial charge is 0.465 e. The first kappa shape index (κ1) is 11.7. The molecule has 3 heteroatoms. The third-order valence-corrected chi connectivity index (χ3v) is 1.96. The molecule has 0 aliphatic carbocycles. The summed E-state index contributed by atoms with van der Waals surface area (Å²) in [6.07, 6.45) is 0.213. The van der Waals surface area contributed by atoms with Crippen LogP contribution in [0.5, 0.6) is 0 Å². The molecular formula is C12H16O3. The Balaban J connectivity index is 2.60. The van der Waals surface area contributed by atoms with Crippen LogP contribution in [0.2, 0.25) is 0 Å². The van der Waals surface area contributed by atoms with Crippen molar-refractivity contribution >= 4 is 5.97 Å². The number of hydrogen-bond acceptors (Lipinski definition) is 3. The Morgan fingerprint density at radius 3 is 2.33 bits per heavy atom. The van der Waals surface area contributed by atoms with E-state index in [0.717, 1.165) is 5.56 Å². The normalized spacial score (nSPS) is 10.4. The smallest absolute Gasteiger partial charge is 0.337 e. The number of rotatable bonds is 4. The maximum atomic E-state index is 11.1. The van der Waals surface area contributed by atoms with Crippen molar-refractivity contribution in [3.8, 4) is 0 Å². The Labute approximate surface area is 90.0 Å². The van der Waals surface area contributed by atoms with E-state index in [1.165, 1.54) is 7.11 Å². The van der Waals surface area contributed by atoms with E-state index in [4.69, 9.17) is 4.74 Å². The summed E-state index contributed by atoms with van der Waals surface area (Å²) in [6, 6.07) is 7.22. The molecular weight excluding hydrogens is 192 g/mol. The van der Waals surface area contributed by atoms with Gasteiger partial charge < -0.3 is 9.47 Å². The van der Waals surface area contributed by atoms with Crippen LogP contribution in [0.1, 0.15) is 29.8 Å². The maximum absolute atomic E-state index is 11.1. The van der Waals surface area contributed by atoms with E-state index >= 15 is 0 Å². The van der Waals surface area contributed by atoms with Crippen molar-refractivity contribution in [3.05, 3.63) is 35.4 Å². The Morgan fingerprint density at radius 2 is 1.87 bits per heavy atom. The van der Waals surface area contributed by atoms with E-state index in [2.05, 4.69) is 4.74 Å². The Hall–Kier alpha value is -1.35. The molecule has 0 aromatic heterocycles. The van der Waals surface area contributed by atoms with Gasteiger partial charge in [-0.25, -0.2) is 4.79 Å². The number of carbonyl (C=O) groups is 1. The van der Waals surface area contributed by atoms with Crippen molar-refractivity contribution in [2.75, 3.05) is 7.11 Å². The van der Waals surface area contributed by atoms with Crippen LogP contribution in [0.4, 0.5) is 0 Å². The van der Waals surface area contributed by atoms with E-state index in [-0.39, 0.29) is 12.1 Å². The molecule has 1 aromatic rings. The Bertz CT molecular complexity index is 314. The molecule has 1 rings (SSSR count). The highest BCUT2D eigenvalue weighted by Crippen LogP contribution is 2.07. The molecule has 0 N–H and O–H groups in total. The van der Waals surface area contributed by atoms with Gasteiger partial charge in [-0.05, 0) is 31.5 Å². The van der Waals surface area contributed by atoms with E-state index in [9.17, 15) is 4.79 Å². The molecule has 0 atom stereocenters. The highest BCUT2D eigenvalue weighted by molar-refractivity contribution is 5.89. The molecule has 0 bridgehead atoms. The summed E-state index contributed by atoms with van der Waals surface area (Å²) in [4.78, 5) is 11.1. The van der Waals surface area contributed by atoms with Gasteiger partial charge in [-0.2, -0.15) is 0 Å². The lowest BCUT2D eigenvalue weighted by Crippen LogP contribution is -2.03. The molecule has 0 fully saturated rings. The quantitative estimate of drug-likeness (QED) is 0.713. The molecule has 1 aromatic carbocycles. The molecule has 15 heavy (non-hydrogen) atoms. The third-order valence-electron chi connectivity index (χ3n) is 1.96. The maximum Gasteiger partial charge on any atom is 0.337 e. The molecule has 0 aliphatic rings. The van der Waals surface area contributed by atoms with Crippen LogP contribution in [0, 0.1) is 0 Å². The van der Waals surface area contributed by atoms with Gasteiger partial charge in [0.05, 0.1) is 25.4 Å². The minimum Gasteiger partial charge on any atom is -0.465 e. The van der Waals surface area contributed by atoms with Crippen LogP contribution in [0.15, 0.2) is 24.3 Å². The number of methoxy groups -OCH3 is 1. The summed E-state index contributed by atoms with van der Waals surface area (Å²) < 4.78 is 10.0. The molecule has 0 heterocycles. The highest BCUT2D eigenvalue weighted by atomic mass is 16.5. The molecule has 0 aliphatic heterocycles. The molecule has 0 amide bonds. The van der Waals surface area contributed by atoms with E-state index in [1.54, 1.807) is 12.1 Å². The van der Waals surface area contributed by atoms with Gasteiger partial charge in [0.2, 0.25) is 0 Å². The van der Waals surface area contributed by atoms with Crippen LogP contribution in [0.25, 0.3) is 0 Å².